The van der Waals surface area contributed by atoms with Gasteiger partial charge >= 0.3 is 6.09 Å². The number of carbonyl (C=O) groups is 2. The van der Waals surface area contributed by atoms with Crippen molar-refractivity contribution >= 4 is 12.0 Å². The molecule has 20 heavy (non-hydrogen) atoms. The molecule has 6 nitrogen and oxygen atoms in total. The van der Waals surface area contributed by atoms with Crippen LogP contribution < -0.4 is 5.73 Å². The van der Waals surface area contributed by atoms with E-state index in [4.69, 9.17) is 10.5 Å². The van der Waals surface area contributed by atoms with Crippen LogP contribution in [0.3, 0.4) is 0 Å². The highest BCUT2D eigenvalue weighted by atomic mass is 16.6. The summed E-state index contributed by atoms with van der Waals surface area (Å²) in [4.78, 5) is 26.6. The number of rotatable bonds is 6. The number of amides is 2. The zero-order valence-electron chi connectivity index (χ0n) is 12.2. The van der Waals surface area contributed by atoms with E-state index in [9.17, 15) is 9.59 Å². The van der Waals surface area contributed by atoms with Crippen molar-refractivity contribution < 1.29 is 14.3 Å². The SMILES string of the molecule is C[C@H]1COC(=O)N1CCCN1CCC(CC(N)=O)CC1. The number of ether oxygens (including phenoxy) is 1. The Morgan fingerprint density at radius 1 is 1.35 bits per heavy atom. The second-order valence-electron chi connectivity index (χ2n) is 5.93. The van der Waals surface area contributed by atoms with Crippen LogP contribution in [0.25, 0.3) is 0 Å². The van der Waals surface area contributed by atoms with Crippen molar-refractivity contribution in [3.63, 3.8) is 0 Å². The molecule has 114 valence electrons. The first kappa shape index (κ1) is 15.1. The summed E-state index contributed by atoms with van der Waals surface area (Å²) in [7, 11) is 0. The van der Waals surface area contributed by atoms with Crippen molar-refractivity contribution in [1.82, 2.24) is 9.80 Å². The molecule has 0 bridgehead atoms. The van der Waals surface area contributed by atoms with E-state index in [0.717, 1.165) is 45.4 Å². The number of hydrogen-bond donors (Lipinski definition) is 1. The first-order valence-corrected chi connectivity index (χ1v) is 7.50. The maximum atomic E-state index is 11.5. The lowest BCUT2D eigenvalue weighted by atomic mass is 9.93. The van der Waals surface area contributed by atoms with Crippen LogP contribution >= 0.6 is 0 Å². The minimum atomic E-state index is -0.190. The van der Waals surface area contributed by atoms with E-state index in [0.29, 0.717) is 18.9 Å². The van der Waals surface area contributed by atoms with Crippen LogP contribution in [0, 0.1) is 5.92 Å². The van der Waals surface area contributed by atoms with Gasteiger partial charge < -0.3 is 20.3 Å². The number of cyclic esters (lactones) is 1. The molecule has 0 aliphatic carbocycles. The molecule has 1 atom stereocenters. The fraction of sp³-hybridized carbons (Fsp3) is 0.857. The largest absolute Gasteiger partial charge is 0.447 e. The quantitative estimate of drug-likeness (QED) is 0.782. The summed E-state index contributed by atoms with van der Waals surface area (Å²) < 4.78 is 5.00. The third kappa shape index (κ3) is 4.10. The third-order valence-electron chi connectivity index (χ3n) is 4.28. The lowest BCUT2D eigenvalue weighted by Gasteiger charge is -2.31. The maximum Gasteiger partial charge on any atom is 0.410 e. The zero-order valence-corrected chi connectivity index (χ0v) is 12.2. The number of nitrogens with two attached hydrogens (primary N) is 1. The van der Waals surface area contributed by atoms with E-state index in [-0.39, 0.29) is 18.0 Å². The van der Waals surface area contributed by atoms with Gasteiger partial charge in [0.05, 0.1) is 6.04 Å². The van der Waals surface area contributed by atoms with Gasteiger partial charge in [-0.05, 0) is 51.7 Å². The summed E-state index contributed by atoms with van der Waals surface area (Å²) in [6, 6.07) is 0.198. The van der Waals surface area contributed by atoms with Gasteiger partial charge in [-0.1, -0.05) is 0 Å². The van der Waals surface area contributed by atoms with Crippen LogP contribution in [0.1, 0.15) is 32.6 Å². The Hall–Kier alpha value is -1.30. The van der Waals surface area contributed by atoms with E-state index in [1.807, 2.05) is 6.92 Å². The highest BCUT2D eigenvalue weighted by Gasteiger charge is 2.29. The van der Waals surface area contributed by atoms with Gasteiger partial charge in [0.15, 0.2) is 0 Å². The van der Waals surface area contributed by atoms with Gasteiger partial charge in [-0.2, -0.15) is 0 Å². The Kier molecular flexibility index (Phi) is 5.23. The monoisotopic (exact) mass is 283 g/mol. The lowest BCUT2D eigenvalue weighted by molar-refractivity contribution is -0.119. The topological polar surface area (TPSA) is 75.9 Å². The number of nitrogens with zero attached hydrogens (tertiary/aromatic N) is 2. The van der Waals surface area contributed by atoms with Gasteiger partial charge in [-0.25, -0.2) is 4.79 Å². The molecular weight excluding hydrogens is 258 g/mol. The number of likely N-dealkylation sites (tertiary alicyclic amines) is 1. The van der Waals surface area contributed by atoms with Gasteiger partial charge in [0.25, 0.3) is 0 Å². The van der Waals surface area contributed by atoms with E-state index >= 15 is 0 Å². The Bertz CT molecular complexity index is 354. The van der Waals surface area contributed by atoms with Crippen molar-refractivity contribution in [2.24, 2.45) is 11.7 Å². The molecule has 0 aromatic carbocycles. The van der Waals surface area contributed by atoms with Gasteiger partial charge in [0.1, 0.15) is 6.61 Å². The average molecular weight is 283 g/mol. The Balaban J connectivity index is 1.61. The molecule has 0 aromatic rings. The molecular formula is C14H25N3O3. The molecule has 2 rings (SSSR count). The molecule has 0 aromatic heterocycles. The van der Waals surface area contributed by atoms with Crippen LogP contribution in [0.15, 0.2) is 0 Å². The Morgan fingerprint density at radius 2 is 2.05 bits per heavy atom. The summed E-state index contributed by atoms with van der Waals surface area (Å²) >= 11 is 0. The van der Waals surface area contributed by atoms with E-state index in [1.54, 1.807) is 4.90 Å². The van der Waals surface area contributed by atoms with Gasteiger partial charge in [-0.3, -0.25) is 4.79 Å². The van der Waals surface area contributed by atoms with Crippen molar-refractivity contribution in [2.75, 3.05) is 32.8 Å². The van der Waals surface area contributed by atoms with Crippen molar-refractivity contribution in [1.29, 1.82) is 0 Å². The van der Waals surface area contributed by atoms with Crippen molar-refractivity contribution in [2.45, 2.75) is 38.6 Å². The standard InChI is InChI=1S/C14H25N3O3/c1-11-10-20-14(19)17(11)6-2-5-16-7-3-12(4-8-16)9-13(15)18/h11-12H,2-10H2,1H3,(H2,15,18)/t11-/m0/s1. The molecule has 2 amide bonds. The molecule has 0 saturated carbocycles. The predicted octanol–water partition coefficient (Wildman–Crippen LogP) is 0.805. The molecule has 2 heterocycles. The molecule has 2 fully saturated rings. The predicted molar refractivity (Wildman–Crippen MR) is 75.1 cm³/mol. The second-order valence-corrected chi connectivity index (χ2v) is 5.93. The summed E-state index contributed by atoms with van der Waals surface area (Å²) in [5.74, 6) is 0.266. The van der Waals surface area contributed by atoms with Crippen molar-refractivity contribution in [3.8, 4) is 0 Å². The molecule has 2 aliphatic rings. The Morgan fingerprint density at radius 3 is 2.60 bits per heavy atom. The minimum Gasteiger partial charge on any atom is -0.447 e. The maximum absolute atomic E-state index is 11.5. The highest BCUT2D eigenvalue weighted by molar-refractivity contribution is 5.74. The first-order valence-electron chi connectivity index (χ1n) is 7.50. The zero-order chi connectivity index (χ0) is 14.5. The smallest absolute Gasteiger partial charge is 0.410 e. The molecule has 2 saturated heterocycles. The summed E-state index contributed by atoms with van der Waals surface area (Å²) in [6.07, 6.45) is 3.40. The van der Waals surface area contributed by atoms with Crippen LogP contribution in [0.5, 0.6) is 0 Å². The van der Waals surface area contributed by atoms with Crippen LogP contribution in [0.4, 0.5) is 4.79 Å². The third-order valence-corrected chi connectivity index (χ3v) is 4.28. The first-order chi connectivity index (χ1) is 9.56. The summed E-state index contributed by atoms with van der Waals surface area (Å²) in [6.45, 7) is 6.34. The van der Waals surface area contributed by atoms with E-state index in [1.165, 1.54) is 0 Å². The molecule has 0 radical (unpaired) electrons. The highest BCUT2D eigenvalue weighted by Crippen LogP contribution is 2.20. The molecule has 0 spiro atoms. The van der Waals surface area contributed by atoms with E-state index < -0.39 is 0 Å². The average Bonchev–Trinajstić information content (AvgIpc) is 2.72. The van der Waals surface area contributed by atoms with Gasteiger partial charge in [-0.15, -0.1) is 0 Å². The van der Waals surface area contributed by atoms with Gasteiger partial charge in [0, 0.05) is 13.0 Å². The number of piperidine rings is 1. The normalized spacial score (nSPS) is 24.9. The molecule has 6 heteroatoms. The van der Waals surface area contributed by atoms with Crippen LogP contribution in [0.2, 0.25) is 0 Å². The number of hydrogen-bond acceptors (Lipinski definition) is 4. The second kappa shape index (κ2) is 6.92. The van der Waals surface area contributed by atoms with Gasteiger partial charge in [0.2, 0.25) is 5.91 Å². The Labute approximate surface area is 120 Å². The molecule has 2 aliphatic heterocycles. The molecule has 0 unspecified atom stereocenters. The van der Waals surface area contributed by atoms with E-state index in [2.05, 4.69) is 4.90 Å². The lowest BCUT2D eigenvalue weighted by Crippen LogP contribution is -2.38. The van der Waals surface area contributed by atoms with Crippen LogP contribution in [-0.2, 0) is 9.53 Å². The number of primary amides is 1. The minimum absolute atomic E-state index is 0.183. The summed E-state index contributed by atoms with van der Waals surface area (Å²) in [5, 5.41) is 0. The summed E-state index contributed by atoms with van der Waals surface area (Å²) in [5.41, 5.74) is 5.23. The fourth-order valence-electron chi connectivity index (χ4n) is 3.02. The fourth-order valence-corrected chi connectivity index (χ4v) is 3.02. The molecule has 2 N–H and O–H groups in total. The number of carbonyl (C=O) groups excluding carboxylic acids is 2. The van der Waals surface area contributed by atoms with Crippen molar-refractivity contribution in [3.05, 3.63) is 0 Å². The van der Waals surface area contributed by atoms with Crippen LogP contribution in [-0.4, -0.2) is 60.6 Å².